The fraction of sp³-hybridized carbons (Fsp3) is 0.231. The fourth-order valence-corrected chi connectivity index (χ4v) is 3.31. The number of carbonyl (C=O) groups is 2. The Balaban J connectivity index is 1.72. The van der Waals surface area contributed by atoms with Gasteiger partial charge in [-0.15, -0.1) is 0 Å². The molecule has 0 bridgehead atoms. The Hall–Kier alpha value is -3.60. The summed E-state index contributed by atoms with van der Waals surface area (Å²) in [5.41, 5.74) is 3.22. The van der Waals surface area contributed by atoms with E-state index >= 15 is 0 Å². The quantitative estimate of drug-likeness (QED) is 0.496. The van der Waals surface area contributed by atoms with Gasteiger partial charge in [-0.3, -0.25) is 9.59 Å². The zero-order valence-corrected chi connectivity index (χ0v) is 17.6. The van der Waals surface area contributed by atoms with Crippen molar-refractivity contribution < 1.29 is 19.4 Å². The number of para-hydroxylation sites is 1. The highest BCUT2D eigenvalue weighted by Gasteiger charge is 2.15. The second-order valence-electron chi connectivity index (χ2n) is 7.51. The van der Waals surface area contributed by atoms with Crippen LogP contribution < -0.4 is 10.1 Å². The predicted molar refractivity (Wildman–Crippen MR) is 120 cm³/mol. The summed E-state index contributed by atoms with van der Waals surface area (Å²) in [5, 5.41) is 12.0. The normalized spacial score (nSPS) is 11.5. The van der Waals surface area contributed by atoms with Crippen molar-refractivity contribution in [3.05, 3.63) is 101 Å². The van der Waals surface area contributed by atoms with E-state index in [0.29, 0.717) is 25.1 Å². The van der Waals surface area contributed by atoms with Crippen LogP contribution in [0.5, 0.6) is 5.75 Å². The minimum Gasteiger partial charge on any atom is -0.489 e. The number of carboxylic acids is 1. The Morgan fingerprint density at radius 2 is 1.65 bits per heavy atom. The predicted octanol–water partition coefficient (Wildman–Crippen LogP) is 4.82. The molecule has 1 atom stereocenters. The zero-order valence-electron chi connectivity index (χ0n) is 17.6. The Kier molecular flexibility index (Phi) is 7.82. The molecule has 3 aromatic carbocycles. The second-order valence-corrected chi connectivity index (χ2v) is 7.51. The summed E-state index contributed by atoms with van der Waals surface area (Å²) in [4.78, 5) is 24.0. The zero-order chi connectivity index (χ0) is 22.1. The summed E-state index contributed by atoms with van der Waals surface area (Å²) in [6.07, 6.45) is 0.271. The highest BCUT2D eigenvalue weighted by atomic mass is 16.5. The summed E-state index contributed by atoms with van der Waals surface area (Å²) in [6, 6.07) is 25.0. The van der Waals surface area contributed by atoms with Crippen LogP contribution in [0, 0.1) is 0 Å². The first-order valence-corrected chi connectivity index (χ1v) is 10.4. The van der Waals surface area contributed by atoms with Crippen LogP contribution in [-0.4, -0.2) is 23.5 Å². The summed E-state index contributed by atoms with van der Waals surface area (Å²) in [5.74, 6) is -0.178. The van der Waals surface area contributed by atoms with Crippen molar-refractivity contribution in [2.45, 2.75) is 32.3 Å². The van der Waals surface area contributed by atoms with Gasteiger partial charge in [-0.2, -0.15) is 0 Å². The lowest BCUT2D eigenvalue weighted by Crippen LogP contribution is -2.28. The van der Waals surface area contributed by atoms with Crippen molar-refractivity contribution in [2.24, 2.45) is 0 Å². The van der Waals surface area contributed by atoms with Crippen LogP contribution in [0.1, 0.15) is 46.3 Å². The van der Waals surface area contributed by atoms with Crippen LogP contribution in [0.2, 0.25) is 0 Å². The van der Waals surface area contributed by atoms with Crippen molar-refractivity contribution in [1.29, 1.82) is 0 Å². The molecule has 0 fully saturated rings. The number of benzene rings is 3. The number of nitrogens with one attached hydrogen (secondary N) is 1. The average Bonchev–Trinajstić information content (AvgIpc) is 2.81. The van der Waals surface area contributed by atoms with E-state index in [2.05, 4.69) is 12.2 Å². The smallest absolute Gasteiger partial charge is 0.303 e. The average molecular weight is 418 g/mol. The number of aryl methyl sites for hydroxylation is 1. The van der Waals surface area contributed by atoms with Gasteiger partial charge in [0, 0.05) is 18.5 Å². The molecule has 0 aromatic heterocycles. The molecule has 0 saturated heterocycles. The molecule has 31 heavy (non-hydrogen) atoms. The van der Waals surface area contributed by atoms with Crippen LogP contribution >= 0.6 is 0 Å². The third-order valence-corrected chi connectivity index (χ3v) is 5.11. The molecule has 2 N–H and O–H groups in total. The van der Waals surface area contributed by atoms with E-state index in [0.717, 1.165) is 22.4 Å². The fourth-order valence-electron chi connectivity index (χ4n) is 3.31. The van der Waals surface area contributed by atoms with E-state index in [1.54, 1.807) is 6.07 Å². The standard InChI is InChI=1S/C26H27NO4/c1-19(21-8-4-2-5-9-21)17-27-26(30)24-16-20(12-13-22(24)14-15-25(28)29)18-31-23-10-6-3-7-11-23/h2-13,16,19H,14-15,17-18H2,1H3,(H,27,30)(H,28,29). The molecule has 0 radical (unpaired) electrons. The molecule has 0 aliphatic rings. The van der Waals surface area contributed by atoms with Crippen LogP contribution in [0.25, 0.3) is 0 Å². The molecular weight excluding hydrogens is 390 g/mol. The first kappa shape index (κ1) is 22.1. The van der Waals surface area contributed by atoms with Gasteiger partial charge in [0.15, 0.2) is 0 Å². The van der Waals surface area contributed by atoms with E-state index < -0.39 is 5.97 Å². The molecule has 0 spiro atoms. The molecular formula is C26H27NO4. The van der Waals surface area contributed by atoms with Gasteiger partial charge in [0.05, 0.1) is 0 Å². The first-order chi connectivity index (χ1) is 15.0. The van der Waals surface area contributed by atoms with Gasteiger partial charge in [-0.25, -0.2) is 0 Å². The number of hydrogen-bond donors (Lipinski definition) is 2. The van der Waals surface area contributed by atoms with Crippen LogP contribution in [0.3, 0.4) is 0 Å². The third-order valence-electron chi connectivity index (χ3n) is 5.11. The molecule has 5 heteroatoms. The summed E-state index contributed by atoms with van der Waals surface area (Å²) < 4.78 is 5.80. The number of rotatable bonds is 10. The molecule has 3 aromatic rings. The van der Waals surface area contributed by atoms with Gasteiger partial charge in [0.2, 0.25) is 0 Å². The van der Waals surface area contributed by atoms with E-state index in [1.165, 1.54) is 0 Å². The monoisotopic (exact) mass is 417 g/mol. The number of ether oxygens (including phenoxy) is 1. The van der Waals surface area contributed by atoms with E-state index in [9.17, 15) is 9.59 Å². The first-order valence-electron chi connectivity index (χ1n) is 10.4. The molecule has 0 aliphatic carbocycles. The molecule has 3 rings (SSSR count). The summed E-state index contributed by atoms with van der Waals surface area (Å²) in [7, 11) is 0. The Bertz CT molecular complexity index is 1000. The highest BCUT2D eigenvalue weighted by molar-refractivity contribution is 5.96. The lowest BCUT2D eigenvalue weighted by Gasteiger charge is -2.16. The van der Waals surface area contributed by atoms with Crippen LogP contribution in [0.4, 0.5) is 0 Å². The van der Waals surface area contributed by atoms with Crippen LogP contribution in [0.15, 0.2) is 78.9 Å². The molecule has 0 heterocycles. The van der Waals surface area contributed by atoms with Gasteiger partial charge in [0.25, 0.3) is 5.91 Å². The third kappa shape index (κ3) is 6.71. The maximum atomic E-state index is 13.0. The maximum absolute atomic E-state index is 13.0. The number of hydrogen-bond acceptors (Lipinski definition) is 3. The topological polar surface area (TPSA) is 75.6 Å². The van der Waals surface area contributed by atoms with E-state index in [-0.39, 0.29) is 18.2 Å². The van der Waals surface area contributed by atoms with Crippen molar-refractivity contribution in [3.63, 3.8) is 0 Å². The number of aliphatic carboxylic acids is 1. The van der Waals surface area contributed by atoms with Gasteiger partial charge < -0.3 is 15.2 Å². The maximum Gasteiger partial charge on any atom is 0.303 e. The van der Waals surface area contributed by atoms with Gasteiger partial charge in [-0.1, -0.05) is 67.6 Å². The van der Waals surface area contributed by atoms with Crippen LogP contribution in [-0.2, 0) is 17.8 Å². The van der Waals surface area contributed by atoms with E-state index in [4.69, 9.17) is 9.84 Å². The Morgan fingerprint density at radius 3 is 2.32 bits per heavy atom. The molecule has 160 valence electrons. The molecule has 0 saturated carbocycles. The van der Waals surface area contributed by atoms with Crippen molar-refractivity contribution in [3.8, 4) is 5.75 Å². The van der Waals surface area contributed by atoms with E-state index in [1.807, 2.05) is 72.8 Å². The minimum atomic E-state index is -0.888. The van der Waals surface area contributed by atoms with Crippen molar-refractivity contribution >= 4 is 11.9 Å². The largest absolute Gasteiger partial charge is 0.489 e. The lowest BCUT2D eigenvalue weighted by atomic mass is 9.98. The Morgan fingerprint density at radius 1 is 0.968 bits per heavy atom. The minimum absolute atomic E-state index is 0.0272. The highest BCUT2D eigenvalue weighted by Crippen LogP contribution is 2.18. The van der Waals surface area contributed by atoms with Gasteiger partial charge in [-0.05, 0) is 47.2 Å². The SMILES string of the molecule is CC(CNC(=O)c1cc(COc2ccccc2)ccc1CCC(=O)O)c1ccccc1. The van der Waals surface area contributed by atoms with Crippen molar-refractivity contribution in [1.82, 2.24) is 5.32 Å². The molecule has 0 aliphatic heterocycles. The Labute approximate surface area is 182 Å². The summed E-state index contributed by atoms with van der Waals surface area (Å²) >= 11 is 0. The molecule has 1 unspecified atom stereocenters. The summed E-state index contributed by atoms with van der Waals surface area (Å²) in [6.45, 7) is 2.88. The van der Waals surface area contributed by atoms with Gasteiger partial charge in [0.1, 0.15) is 12.4 Å². The number of amides is 1. The lowest BCUT2D eigenvalue weighted by molar-refractivity contribution is -0.136. The second kappa shape index (κ2) is 11.0. The molecule has 1 amide bonds. The number of carbonyl (C=O) groups excluding carboxylic acids is 1. The van der Waals surface area contributed by atoms with Gasteiger partial charge >= 0.3 is 5.97 Å². The number of carboxylic acid groups (broad SMARTS) is 1. The molecule has 5 nitrogen and oxygen atoms in total. The van der Waals surface area contributed by atoms with Crippen molar-refractivity contribution in [2.75, 3.05) is 6.54 Å².